The Morgan fingerprint density at radius 2 is 2.00 bits per heavy atom. The molecule has 0 saturated heterocycles. The molecule has 0 fully saturated rings. The fraction of sp³-hybridized carbons (Fsp3) is 0.400. The molecule has 6 heteroatoms. The number of esters is 1. The van der Waals surface area contributed by atoms with Crippen molar-refractivity contribution in [3.8, 4) is 0 Å². The molecule has 1 heterocycles. The first-order chi connectivity index (χ1) is 7.56. The van der Waals surface area contributed by atoms with E-state index in [0.717, 1.165) is 0 Å². The summed E-state index contributed by atoms with van der Waals surface area (Å²) >= 11 is 2.44. The van der Waals surface area contributed by atoms with E-state index in [1.807, 2.05) is 6.92 Å². The lowest BCUT2D eigenvalue weighted by Gasteiger charge is -2.11. The summed E-state index contributed by atoms with van der Waals surface area (Å²) in [6.07, 6.45) is 0.388. The molecule has 1 atom stereocenters. The van der Waals surface area contributed by atoms with Gasteiger partial charge in [-0.3, -0.25) is 0 Å². The van der Waals surface area contributed by atoms with Crippen LogP contribution in [0.25, 0.3) is 0 Å². The second kappa shape index (κ2) is 6.00. The Morgan fingerprint density at radius 3 is 2.44 bits per heavy atom. The van der Waals surface area contributed by atoms with Crippen LogP contribution >= 0.6 is 23.5 Å². The molecule has 1 rings (SSSR count). The minimum atomic E-state index is -1.24. The first-order valence-electron chi connectivity index (χ1n) is 4.73. The fourth-order valence-electron chi connectivity index (χ4n) is 0.908. The van der Waals surface area contributed by atoms with Crippen molar-refractivity contribution in [2.24, 2.45) is 0 Å². The van der Waals surface area contributed by atoms with Crippen molar-refractivity contribution in [2.45, 2.75) is 26.4 Å². The van der Waals surface area contributed by atoms with Gasteiger partial charge in [-0.2, -0.15) is 0 Å². The van der Waals surface area contributed by atoms with E-state index in [4.69, 9.17) is 9.84 Å². The number of ether oxygens (including phenoxy) is 1. The normalized spacial score (nSPS) is 16.0. The zero-order chi connectivity index (χ0) is 12.1. The minimum absolute atomic E-state index is 0.271. The maximum absolute atomic E-state index is 11.6. The van der Waals surface area contributed by atoms with Crippen molar-refractivity contribution < 1.29 is 19.4 Å². The van der Waals surface area contributed by atoms with Gasteiger partial charge in [0, 0.05) is 0 Å². The number of aliphatic carboxylic acids is 1. The van der Waals surface area contributed by atoms with Crippen LogP contribution in [-0.4, -0.2) is 23.1 Å². The second-order valence-corrected chi connectivity index (χ2v) is 5.19. The molecule has 0 saturated carbocycles. The van der Waals surface area contributed by atoms with Gasteiger partial charge in [0.1, 0.15) is 0 Å². The van der Waals surface area contributed by atoms with Gasteiger partial charge in [-0.05, 0) is 24.2 Å². The molecule has 1 N–H and O–H groups in total. The Morgan fingerprint density at radius 1 is 1.44 bits per heavy atom. The highest BCUT2D eigenvalue weighted by atomic mass is 32.2. The highest BCUT2D eigenvalue weighted by Gasteiger charge is 2.26. The number of carboxylic acid groups (broad SMARTS) is 1. The first-order valence-corrected chi connectivity index (χ1v) is 6.49. The Labute approximate surface area is 102 Å². The maximum atomic E-state index is 11.6. The molecule has 0 spiro atoms. The Bertz CT molecular complexity index is 350. The van der Waals surface area contributed by atoms with Gasteiger partial charge in [-0.1, -0.05) is 30.4 Å². The van der Waals surface area contributed by atoms with Gasteiger partial charge in [0.05, 0.1) is 10.3 Å². The molecule has 1 unspecified atom stereocenters. The fourth-order valence-corrected chi connectivity index (χ4v) is 2.73. The van der Waals surface area contributed by atoms with Gasteiger partial charge in [0.15, 0.2) is 5.57 Å². The van der Waals surface area contributed by atoms with Crippen LogP contribution in [0.1, 0.15) is 20.3 Å². The number of hydrogen-bond donors (Lipinski definition) is 1. The Balaban J connectivity index is 2.83. The lowest BCUT2D eigenvalue weighted by atomic mass is 10.3. The molecular formula is C10H12O4S2. The van der Waals surface area contributed by atoms with Crippen molar-refractivity contribution in [1.29, 1.82) is 0 Å². The molecular weight excluding hydrogens is 248 g/mol. The van der Waals surface area contributed by atoms with E-state index < -0.39 is 11.9 Å². The van der Waals surface area contributed by atoms with Crippen molar-refractivity contribution in [2.75, 3.05) is 0 Å². The number of thioether (sulfide) groups is 2. The minimum Gasteiger partial charge on any atom is -0.477 e. The zero-order valence-electron chi connectivity index (χ0n) is 8.93. The number of rotatable bonds is 4. The van der Waals surface area contributed by atoms with Gasteiger partial charge in [0.25, 0.3) is 0 Å². The highest BCUT2D eigenvalue weighted by Crippen LogP contribution is 2.40. The number of carbonyl (C=O) groups is 2. The predicted molar refractivity (Wildman–Crippen MR) is 64.8 cm³/mol. The molecule has 1 aliphatic rings. The van der Waals surface area contributed by atoms with Crippen molar-refractivity contribution in [1.82, 2.24) is 0 Å². The average Bonchev–Trinajstić information content (AvgIpc) is 2.70. The third kappa shape index (κ3) is 3.31. The first kappa shape index (κ1) is 13.2. The molecule has 16 heavy (non-hydrogen) atoms. The monoisotopic (exact) mass is 260 g/mol. The second-order valence-electron chi connectivity index (χ2n) is 3.10. The topological polar surface area (TPSA) is 63.6 Å². The Kier molecular flexibility index (Phi) is 4.95. The zero-order valence-corrected chi connectivity index (χ0v) is 10.6. The van der Waals surface area contributed by atoms with Crippen LogP contribution in [0.15, 0.2) is 20.6 Å². The van der Waals surface area contributed by atoms with Crippen LogP contribution in [0.4, 0.5) is 0 Å². The summed E-state index contributed by atoms with van der Waals surface area (Å²) in [6, 6.07) is 0. The summed E-state index contributed by atoms with van der Waals surface area (Å²) in [5.74, 6) is -2.01. The van der Waals surface area contributed by atoms with E-state index in [0.29, 0.717) is 10.7 Å². The van der Waals surface area contributed by atoms with E-state index in [1.54, 1.807) is 17.7 Å². The van der Waals surface area contributed by atoms with E-state index in [1.165, 1.54) is 23.5 Å². The van der Waals surface area contributed by atoms with Gasteiger partial charge in [0.2, 0.25) is 0 Å². The lowest BCUT2D eigenvalue weighted by Crippen LogP contribution is -2.21. The molecule has 0 amide bonds. The van der Waals surface area contributed by atoms with Crippen LogP contribution in [0.2, 0.25) is 0 Å². The quantitative estimate of drug-likeness (QED) is 0.363. The van der Waals surface area contributed by atoms with Crippen LogP contribution in [0.3, 0.4) is 0 Å². The van der Waals surface area contributed by atoms with Gasteiger partial charge >= 0.3 is 11.9 Å². The van der Waals surface area contributed by atoms with Gasteiger partial charge in [-0.15, -0.1) is 0 Å². The summed E-state index contributed by atoms with van der Waals surface area (Å²) in [6.45, 7) is 3.60. The van der Waals surface area contributed by atoms with E-state index in [2.05, 4.69) is 0 Å². The van der Waals surface area contributed by atoms with Crippen molar-refractivity contribution >= 4 is 35.5 Å². The molecule has 0 aromatic heterocycles. The largest absolute Gasteiger partial charge is 0.477 e. The third-order valence-corrected chi connectivity index (χ3v) is 4.04. The summed E-state index contributed by atoms with van der Waals surface area (Å²) in [7, 11) is 0. The summed E-state index contributed by atoms with van der Waals surface area (Å²) in [5, 5.41) is 12.4. The lowest BCUT2D eigenvalue weighted by molar-refractivity contribution is -0.147. The van der Waals surface area contributed by atoms with Crippen LogP contribution in [0, 0.1) is 0 Å². The number of hydrogen-bond acceptors (Lipinski definition) is 5. The third-order valence-electron chi connectivity index (χ3n) is 1.91. The smallest absolute Gasteiger partial charge is 0.347 e. The van der Waals surface area contributed by atoms with Gasteiger partial charge in [-0.25, -0.2) is 9.59 Å². The molecule has 0 aromatic carbocycles. The van der Waals surface area contributed by atoms with Crippen LogP contribution in [-0.2, 0) is 14.3 Å². The summed E-state index contributed by atoms with van der Waals surface area (Å²) in [4.78, 5) is 22.6. The molecule has 0 bridgehead atoms. The number of carbonyl (C=O) groups excluding carboxylic acids is 1. The molecule has 88 valence electrons. The predicted octanol–water partition coefficient (Wildman–Crippen LogP) is 2.58. The van der Waals surface area contributed by atoms with Crippen LogP contribution < -0.4 is 0 Å². The molecule has 0 aromatic rings. The van der Waals surface area contributed by atoms with Crippen molar-refractivity contribution in [3.05, 3.63) is 20.6 Å². The van der Waals surface area contributed by atoms with E-state index >= 15 is 0 Å². The summed E-state index contributed by atoms with van der Waals surface area (Å²) in [5.41, 5.74) is -0.277. The standard InChI is InChI=1S/C10H12O4S2/c1-3-6(2)14-9(13)7(8(11)12)10-15-4-5-16-10/h4-6H,3H2,1-2H3,(H,11,12). The molecule has 1 aliphatic heterocycles. The SMILES string of the molecule is CCC(C)OC(=O)C(C(=O)O)=C1SC=CS1. The maximum Gasteiger partial charge on any atom is 0.347 e. The highest BCUT2D eigenvalue weighted by molar-refractivity contribution is 8.27. The summed E-state index contributed by atoms with van der Waals surface area (Å²) < 4.78 is 5.46. The van der Waals surface area contributed by atoms with Crippen molar-refractivity contribution in [3.63, 3.8) is 0 Å². The van der Waals surface area contributed by atoms with Gasteiger partial charge < -0.3 is 9.84 Å². The molecule has 4 nitrogen and oxygen atoms in total. The average molecular weight is 260 g/mol. The Hall–Kier alpha value is -0.880. The number of carboxylic acids is 1. The molecule has 0 radical (unpaired) electrons. The molecule has 0 aliphatic carbocycles. The van der Waals surface area contributed by atoms with E-state index in [9.17, 15) is 9.59 Å². The van der Waals surface area contributed by atoms with E-state index in [-0.39, 0.29) is 11.7 Å². The van der Waals surface area contributed by atoms with Crippen LogP contribution in [0.5, 0.6) is 0 Å².